The number of esters is 6. The summed E-state index contributed by atoms with van der Waals surface area (Å²) in [6, 6.07) is 44.7. The average Bonchev–Trinajstić information content (AvgIpc) is 1.65. The van der Waals surface area contributed by atoms with Crippen molar-refractivity contribution >= 4 is 199 Å². The van der Waals surface area contributed by atoms with Crippen molar-refractivity contribution < 1.29 is 116 Å². The van der Waals surface area contributed by atoms with E-state index < -0.39 is 0 Å². The van der Waals surface area contributed by atoms with Gasteiger partial charge in [-0.2, -0.15) is 0 Å². The second kappa shape index (κ2) is 45.0. The number of carbonyl (C=O) groups is 6. The zero-order valence-electron chi connectivity index (χ0n) is 84.2. The molecule has 0 saturated heterocycles. The third-order valence-corrected chi connectivity index (χ3v) is 27.4. The van der Waals surface area contributed by atoms with Crippen LogP contribution >= 0.6 is 0 Å². The zero-order chi connectivity index (χ0) is 98.8. The number of rotatable bonds is 26. The third-order valence-electron chi connectivity index (χ3n) is 27.4. The van der Waals surface area contributed by atoms with Crippen LogP contribution in [0.5, 0.6) is 0 Å². The second-order valence-corrected chi connectivity index (χ2v) is 36.0. The van der Waals surface area contributed by atoms with Gasteiger partial charge < -0.3 is 58.3 Å². The van der Waals surface area contributed by atoms with Crippen molar-refractivity contribution in [3.63, 3.8) is 0 Å². The summed E-state index contributed by atoms with van der Waals surface area (Å²) in [4.78, 5) is 140. The van der Waals surface area contributed by atoms with Crippen molar-refractivity contribution in [2.75, 3.05) is 42.7 Å². The van der Waals surface area contributed by atoms with Gasteiger partial charge in [0.05, 0.1) is 111 Å². The van der Waals surface area contributed by atoms with E-state index in [1.54, 1.807) is 0 Å². The molecule has 0 atom stereocenters. The van der Waals surface area contributed by atoms with Gasteiger partial charge >= 0.3 is 94.2 Å². The number of aromatic nitrogens is 12. The Hall–Kier alpha value is -14.1. The number of fused-ring (bicyclic) bond motifs is 24. The molecule has 2 aromatic carbocycles. The molecule has 15 heterocycles. The third kappa shape index (κ3) is 22.5. The van der Waals surface area contributed by atoms with Gasteiger partial charge in [-0.3, -0.25) is 28.8 Å². The normalized spacial score (nSPS) is 13.2. The zero-order valence-corrected chi connectivity index (χ0v) is 93.1. The maximum absolute atomic E-state index is 13.0. The van der Waals surface area contributed by atoms with Crippen molar-refractivity contribution in [3.8, 4) is 0 Å². The van der Waals surface area contributed by atoms with Crippen LogP contribution in [0.1, 0.15) is 246 Å². The summed E-state index contributed by atoms with van der Waals surface area (Å²) in [6.07, 6.45) is 19.8. The fourth-order valence-corrected chi connectivity index (χ4v) is 18.7. The first kappa shape index (κ1) is 105. The Morgan fingerprint density at radius 1 is 0.238 bits per heavy atom. The molecule has 27 heteroatoms. The van der Waals surface area contributed by atoms with Crippen LogP contribution in [-0.2, 0) is 135 Å². The van der Waals surface area contributed by atoms with E-state index in [1.165, 1.54) is 42.7 Å². The Bertz CT molecular complexity index is 7960. The molecule has 9 aromatic heterocycles. The monoisotopic (exact) mass is 2050 g/mol. The van der Waals surface area contributed by atoms with Crippen LogP contribution in [0.15, 0.2) is 152 Å². The first-order valence-corrected chi connectivity index (χ1v) is 46.9. The molecule has 24 nitrogen and oxygen atoms in total. The van der Waals surface area contributed by atoms with Crippen LogP contribution in [-0.4, -0.2) is 108 Å². The van der Waals surface area contributed by atoms with Crippen LogP contribution in [0.25, 0.3) is 163 Å². The predicted octanol–water partition coefficient (Wildman–Crippen LogP) is 22.3. The van der Waals surface area contributed by atoms with Gasteiger partial charge in [-0.05, 0) is 200 Å². The fourth-order valence-electron chi connectivity index (χ4n) is 18.7. The summed E-state index contributed by atoms with van der Waals surface area (Å²) in [7, 11) is 8.32. The second-order valence-electron chi connectivity index (χ2n) is 36.0. The van der Waals surface area contributed by atoms with Crippen LogP contribution in [0.3, 0.4) is 0 Å². The number of methoxy groups -OCH3 is 6. The quantitative estimate of drug-likeness (QED) is 0.0276. The van der Waals surface area contributed by atoms with Gasteiger partial charge in [-0.25, -0.2) is 29.9 Å². The topological polar surface area (TPSA) is 320 Å². The van der Waals surface area contributed by atoms with Gasteiger partial charge in [-0.15, -0.1) is 66.2 Å². The minimum Gasteiger partial charge on any atom is -0.658 e. The number of nitrogens with zero attached hydrogens (tertiary/aromatic N) is 12. The summed E-state index contributed by atoms with van der Waals surface area (Å²) < 4.78 is 30.8. The molecule has 143 heavy (non-hydrogen) atoms. The SMILES string of the molecule is COC(=O)CCC1=C(C)c2cc3[n-]c(cc4nc(cc5[n-]c(cc1n2)c(CCC(=O)OC)c5C)C(/C=C/c1ccc(/C=C/C2=C(C)c5cc6[n-]c(cc7nc(cc8[n-]c(cc2n5)c(C)c8CCC(=O)OC)C(CCC(=O)OC)=C7C)c(C)c6/C=C/c2ccc(/C=C/C5=C(C)c6cc7cc(C)c(cc8nc(cc9[n-]c(cc5n6)c(C)c9CCC(=O)OC)C(CCC(=O)OC)=C8C)[n-]7)cc2)cc1)=C4C)cc3C.[Zn+2].[Zn+2].[Zn+2]. The molecule has 6 aliphatic rings. The molecule has 0 unspecified atom stereocenters. The number of benzene rings is 2. The summed E-state index contributed by atoms with van der Waals surface area (Å²) in [6.45, 7) is 24.4. The van der Waals surface area contributed by atoms with E-state index in [0.717, 1.165) is 190 Å². The van der Waals surface area contributed by atoms with Crippen molar-refractivity contribution in [2.45, 2.75) is 160 Å². The Morgan fingerprint density at radius 3 is 0.769 bits per heavy atom. The molecule has 0 amide bonds. The Balaban J connectivity index is 0.00000541. The number of allylic oxidation sites excluding steroid dienone is 15. The van der Waals surface area contributed by atoms with Crippen LogP contribution in [0, 0.1) is 41.5 Å². The van der Waals surface area contributed by atoms with E-state index in [2.05, 4.69) is 131 Å². The molecule has 17 rings (SSSR count). The van der Waals surface area contributed by atoms with Gasteiger partial charge in [0.1, 0.15) is 0 Å². The maximum atomic E-state index is 13.0. The molecular weight excluding hydrogens is 1950 g/mol. The number of aryl methyl sites for hydroxylation is 9. The van der Waals surface area contributed by atoms with Gasteiger partial charge in [0.25, 0.3) is 0 Å². The van der Waals surface area contributed by atoms with Gasteiger partial charge in [0.2, 0.25) is 0 Å². The number of hydrogen-bond donors (Lipinski definition) is 0. The summed E-state index contributed by atoms with van der Waals surface area (Å²) >= 11 is 0. The van der Waals surface area contributed by atoms with Crippen LogP contribution < -0.4 is 29.9 Å². The molecule has 710 valence electrons. The van der Waals surface area contributed by atoms with Crippen molar-refractivity contribution in [3.05, 3.63) is 298 Å². The largest absolute Gasteiger partial charge is 2.00 e. The minimum atomic E-state index is -0.357. The number of ether oxygens (including phenoxy) is 6. The smallest absolute Gasteiger partial charge is 0.658 e. The summed E-state index contributed by atoms with van der Waals surface area (Å²) in [5.74, 6) is -2.05. The molecule has 0 aliphatic carbocycles. The summed E-state index contributed by atoms with van der Waals surface area (Å²) in [5.41, 5.74) is 40.3. The molecule has 0 radical (unpaired) electrons. The predicted molar refractivity (Wildman–Crippen MR) is 554 cm³/mol. The molecule has 6 aliphatic heterocycles. The summed E-state index contributed by atoms with van der Waals surface area (Å²) in [5, 5.41) is 0. The molecule has 0 N–H and O–H groups in total. The maximum Gasteiger partial charge on any atom is 2.00 e. The Morgan fingerprint density at radius 2 is 0.469 bits per heavy atom. The van der Waals surface area contributed by atoms with E-state index in [9.17, 15) is 28.8 Å². The van der Waals surface area contributed by atoms with Gasteiger partial charge in [-0.1, -0.05) is 232 Å². The van der Waals surface area contributed by atoms with E-state index in [1.807, 2.05) is 134 Å². The van der Waals surface area contributed by atoms with Crippen LogP contribution in [0.4, 0.5) is 0 Å². The number of carbonyl (C=O) groups excluding carboxylic acids is 6. The van der Waals surface area contributed by atoms with Crippen molar-refractivity contribution in [1.82, 2.24) is 59.8 Å². The molecule has 11 aromatic rings. The van der Waals surface area contributed by atoms with Gasteiger partial charge in [0, 0.05) is 55.2 Å². The van der Waals surface area contributed by atoms with Crippen molar-refractivity contribution in [2.24, 2.45) is 0 Å². The Kier molecular flexibility index (Phi) is 33.0. The molecule has 0 fully saturated rings. The molecule has 0 spiro atoms. The van der Waals surface area contributed by atoms with E-state index >= 15 is 0 Å². The average molecular weight is 2060 g/mol. The molecule has 0 saturated carbocycles. The minimum absolute atomic E-state index is 0. The van der Waals surface area contributed by atoms with E-state index in [4.69, 9.17) is 88.2 Å². The van der Waals surface area contributed by atoms with Crippen molar-refractivity contribution in [1.29, 1.82) is 0 Å². The fraction of sp³-hybridized carbons (Fsp3) is 0.259. The first-order chi connectivity index (χ1) is 67.4. The van der Waals surface area contributed by atoms with Gasteiger partial charge in [0.15, 0.2) is 0 Å². The van der Waals surface area contributed by atoms with E-state index in [0.29, 0.717) is 128 Å². The standard InChI is InChI=1S/C116H108N12O12.3Zn/c1-61-47-77-49-91-63(3)79(101(119-91)54-98-70(10)86(38-44-114(132)138-16)108(126-98)58-105-83(35-41-111(129)135-13)67(7)93(121-105)51-89(61)117-77)31-27-73-19-23-75(24-20-73)29-33-81-65(5)95-53-96-69(9)85(37-43-113(131)137-15)107(124-96)60-110-88(40-46-116(134)140-18)72(12)100(128-110)57-104-82(66(6)97(125-104)56-103(81)123-95)34-30-76-25-21-74(22-26-76)28-32-80-64(4)92-50-78-48-62(2)90(118-78)52-94-68(8)84(36-42-112(130)136-14)106(122-94)59-109-87(39-45-115(133)139-17)71(11)99(127-109)55-102(80)120-92;;;/h19-34,47-60H,35-46H2,1-18H3;;;/q-6;3*+2. The molecular formula is C116H108N12O12Zn3. The van der Waals surface area contributed by atoms with Crippen LogP contribution in [0.2, 0.25) is 0 Å². The number of hydrogen-bond acceptors (Lipinski definition) is 18. The Labute approximate surface area is 868 Å². The first-order valence-electron chi connectivity index (χ1n) is 46.9. The molecule has 24 bridgehead atoms. The van der Waals surface area contributed by atoms with E-state index in [-0.39, 0.29) is 133 Å².